The van der Waals surface area contributed by atoms with E-state index >= 15 is 0 Å². The minimum absolute atomic E-state index is 0.380. The second-order valence-electron chi connectivity index (χ2n) is 6.86. The number of hydrogen-bond donors (Lipinski definition) is 1. The molecule has 1 aromatic heterocycles. The Hall–Kier alpha value is -2.59. The lowest BCUT2D eigenvalue weighted by molar-refractivity contribution is 0.414. The van der Waals surface area contributed by atoms with Crippen molar-refractivity contribution in [2.45, 2.75) is 38.4 Å². The van der Waals surface area contributed by atoms with Crippen LogP contribution in [0.15, 0.2) is 60.8 Å². The number of fused-ring (bicyclic) bond motifs is 1. The second kappa shape index (κ2) is 7.75. The van der Waals surface area contributed by atoms with Gasteiger partial charge in [0.2, 0.25) is 0 Å². The molecule has 1 N–H and O–H groups in total. The van der Waals surface area contributed by atoms with Gasteiger partial charge in [0.1, 0.15) is 5.75 Å². The lowest BCUT2D eigenvalue weighted by Crippen LogP contribution is -2.25. The molecule has 0 saturated carbocycles. The molecule has 0 unspecified atom stereocenters. The lowest BCUT2D eigenvalue weighted by atomic mass is 9.92. The van der Waals surface area contributed by atoms with E-state index in [9.17, 15) is 0 Å². The van der Waals surface area contributed by atoms with Crippen molar-refractivity contribution < 1.29 is 4.74 Å². The number of ether oxygens (including phenoxy) is 1. The average molecular weight is 347 g/mol. The second-order valence-corrected chi connectivity index (χ2v) is 6.86. The maximum atomic E-state index is 5.23. The first-order valence-corrected chi connectivity index (χ1v) is 9.28. The standard InChI is InChI=1S/C22H25N3O/c1-26-19-12-10-17(11-13-19)14-23-21-8-5-9-22-20(21)15-24-25(22)16-18-6-3-2-4-7-18/h2-4,6-7,10-13,15,21,23H,5,8-9,14,16H2,1H3/t21-/m1/s1. The van der Waals surface area contributed by atoms with E-state index in [-0.39, 0.29) is 0 Å². The molecule has 134 valence electrons. The molecule has 1 atom stereocenters. The highest BCUT2D eigenvalue weighted by atomic mass is 16.5. The average Bonchev–Trinajstić information content (AvgIpc) is 3.11. The van der Waals surface area contributed by atoms with Gasteiger partial charge in [0, 0.05) is 23.8 Å². The Labute approximate surface area is 154 Å². The fraction of sp³-hybridized carbons (Fsp3) is 0.318. The Morgan fingerprint density at radius 3 is 2.65 bits per heavy atom. The fourth-order valence-electron chi connectivity index (χ4n) is 3.71. The normalized spacial score (nSPS) is 16.3. The third kappa shape index (κ3) is 3.65. The zero-order valence-corrected chi connectivity index (χ0v) is 15.2. The smallest absolute Gasteiger partial charge is 0.118 e. The van der Waals surface area contributed by atoms with Crippen LogP contribution in [-0.2, 0) is 19.5 Å². The van der Waals surface area contributed by atoms with E-state index in [0.717, 1.165) is 25.3 Å². The quantitative estimate of drug-likeness (QED) is 0.729. The third-order valence-electron chi connectivity index (χ3n) is 5.15. The monoisotopic (exact) mass is 347 g/mol. The molecule has 1 aliphatic carbocycles. The van der Waals surface area contributed by atoms with Gasteiger partial charge in [-0.1, -0.05) is 42.5 Å². The lowest BCUT2D eigenvalue weighted by Gasteiger charge is -2.24. The van der Waals surface area contributed by atoms with E-state index in [4.69, 9.17) is 4.74 Å². The summed E-state index contributed by atoms with van der Waals surface area (Å²) in [7, 11) is 1.70. The molecule has 2 aromatic carbocycles. The molecule has 0 saturated heterocycles. The fourth-order valence-corrected chi connectivity index (χ4v) is 3.71. The molecule has 0 radical (unpaired) electrons. The molecule has 0 spiro atoms. The van der Waals surface area contributed by atoms with Gasteiger partial charge in [-0.2, -0.15) is 5.10 Å². The van der Waals surface area contributed by atoms with E-state index in [1.807, 2.05) is 12.1 Å². The highest BCUT2D eigenvalue weighted by molar-refractivity contribution is 5.29. The molecule has 1 heterocycles. The molecule has 3 aromatic rings. The molecule has 0 aliphatic heterocycles. The van der Waals surface area contributed by atoms with Crippen LogP contribution >= 0.6 is 0 Å². The van der Waals surface area contributed by atoms with Crippen LogP contribution < -0.4 is 10.1 Å². The van der Waals surface area contributed by atoms with Gasteiger partial charge in [-0.05, 0) is 42.5 Å². The summed E-state index contributed by atoms with van der Waals surface area (Å²) in [6.07, 6.45) is 5.54. The SMILES string of the molecule is COc1ccc(CN[C@@H]2CCCc3c2cnn3Cc2ccccc2)cc1. The topological polar surface area (TPSA) is 39.1 Å². The van der Waals surface area contributed by atoms with Crippen LogP contribution in [0.1, 0.15) is 41.3 Å². The summed E-state index contributed by atoms with van der Waals surface area (Å²) in [5.74, 6) is 0.899. The van der Waals surface area contributed by atoms with E-state index in [1.165, 1.54) is 35.2 Å². The number of nitrogens with zero attached hydrogens (tertiary/aromatic N) is 2. The molecule has 1 aliphatic rings. The van der Waals surface area contributed by atoms with Crippen molar-refractivity contribution in [1.82, 2.24) is 15.1 Å². The number of aromatic nitrogens is 2. The third-order valence-corrected chi connectivity index (χ3v) is 5.15. The van der Waals surface area contributed by atoms with Gasteiger partial charge in [-0.15, -0.1) is 0 Å². The van der Waals surface area contributed by atoms with Gasteiger partial charge in [0.15, 0.2) is 0 Å². The summed E-state index contributed by atoms with van der Waals surface area (Å²) < 4.78 is 7.40. The Kier molecular flexibility index (Phi) is 5.02. The van der Waals surface area contributed by atoms with Gasteiger partial charge in [0.25, 0.3) is 0 Å². The van der Waals surface area contributed by atoms with Crippen molar-refractivity contribution in [1.29, 1.82) is 0 Å². The van der Waals surface area contributed by atoms with Gasteiger partial charge in [0.05, 0.1) is 19.9 Å². The molecular weight excluding hydrogens is 322 g/mol. The molecular formula is C22H25N3O. The number of methoxy groups -OCH3 is 1. The number of rotatable bonds is 6. The predicted molar refractivity (Wildman–Crippen MR) is 103 cm³/mol. The van der Waals surface area contributed by atoms with Crippen LogP contribution in [0.4, 0.5) is 0 Å². The van der Waals surface area contributed by atoms with Crippen molar-refractivity contribution in [3.63, 3.8) is 0 Å². The largest absolute Gasteiger partial charge is 0.497 e. The van der Waals surface area contributed by atoms with Crippen LogP contribution in [0.5, 0.6) is 5.75 Å². The molecule has 0 fully saturated rings. The summed E-state index contributed by atoms with van der Waals surface area (Å²) in [6, 6.07) is 19.2. The number of nitrogens with one attached hydrogen (secondary N) is 1. The van der Waals surface area contributed by atoms with E-state index in [2.05, 4.69) is 63.8 Å². The first-order chi connectivity index (χ1) is 12.8. The van der Waals surface area contributed by atoms with Crippen LogP contribution in [0.3, 0.4) is 0 Å². The van der Waals surface area contributed by atoms with Crippen LogP contribution in [0, 0.1) is 0 Å². The van der Waals surface area contributed by atoms with E-state index in [1.54, 1.807) is 7.11 Å². The Bertz CT molecular complexity index is 840. The van der Waals surface area contributed by atoms with Gasteiger partial charge < -0.3 is 10.1 Å². The summed E-state index contributed by atoms with van der Waals surface area (Å²) in [5.41, 5.74) is 5.31. The molecule has 4 heteroatoms. The minimum atomic E-state index is 0.380. The summed E-state index contributed by atoms with van der Waals surface area (Å²) in [4.78, 5) is 0. The first-order valence-electron chi connectivity index (χ1n) is 9.28. The highest BCUT2D eigenvalue weighted by Crippen LogP contribution is 2.30. The van der Waals surface area contributed by atoms with Crippen molar-refractivity contribution in [2.75, 3.05) is 7.11 Å². The molecule has 0 amide bonds. The summed E-state index contributed by atoms with van der Waals surface area (Å²) >= 11 is 0. The molecule has 4 rings (SSSR count). The Morgan fingerprint density at radius 2 is 1.88 bits per heavy atom. The highest BCUT2D eigenvalue weighted by Gasteiger charge is 2.23. The predicted octanol–water partition coefficient (Wildman–Crippen LogP) is 4.11. The van der Waals surface area contributed by atoms with Gasteiger partial charge >= 0.3 is 0 Å². The van der Waals surface area contributed by atoms with Crippen LogP contribution in [0.25, 0.3) is 0 Å². The van der Waals surface area contributed by atoms with Crippen molar-refractivity contribution in [2.24, 2.45) is 0 Å². The van der Waals surface area contributed by atoms with Gasteiger partial charge in [-0.3, -0.25) is 4.68 Å². The summed E-state index contributed by atoms with van der Waals surface area (Å²) in [6.45, 7) is 1.71. The maximum Gasteiger partial charge on any atom is 0.118 e. The Morgan fingerprint density at radius 1 is 1.08 bits per heavy atom. The van der Waals surface area contributed by atoms with E-state index < -0.39 is 0 Å². The molecule has 4 nitrogen and oxygen atoms in total. The first kappa shape index (κ1) is 16.9. The minimum Gasteiger partial charge on any atom is -0.497 e. The van der Waals surface area contributed by atoms with Crippen LogP contribution in [-0.4, -0.2) is 16.9 Å². The zero-order valence-electron chi connectivity index (χ0n) is 15.2. The zero-order chi connectivity index (χ0) is 17.8. The van der Waals surface area contributed by atoms with Crippen molar-refractivity contribution >= 4 is 0 Å². The Balaban J connectivity index is 1.45. The number of benzene rings is 2. The number of hydrogen-bond acceptors (Lipinski definition) is 3. The van der Waals surface area contributed by atoms with Crippen molar-refractivity contribution in [3.8, 4) is 5.75 Å². The van der Waals surface area contributed by atoms with E-state index in [0.29, 0.717) is 6.04 Å². The maximum absolute atomic E-state index is 5.23. The van der Waals surface area contributed by atoms with Crippen molar-refractivity contribution in [3.05, 3.63) is 83.2 Å². The molecule has 0 bridgehead atoms. The summed E-state index contributed by atoms with van der Waals surface area (Å²) in [5, 5.41) is 8.40. The van der Waals surface area contributed by atoms with Gasteiger partial charge in [-0.25, -0.2) is 0 Å². The van der Waals surface area contributed by atoms with Crippen LogP contribution in [0.2, 0.25) is 0 Å². The molecule has 26 heavy (non-hydrogen) atoms.